The average Bonchev–Trinajstić information content (AvgIpc) is 4.25. The van der Waals surface area contributed by atoms with E-state index in [1.54, 1.807) is 125 Å². The van der Waals surface area contributed by atoms with E-state index in [0.717, 1.165) is 0 Å². The number of nitrogens with zero attached hydrogens (tertiary/aromatic N) is 14. The van der Waals surface area contributed by atoms with Gasteiger partial charge in [-0.25, -0.2) is 19.3 Å². The average molecular weight is 971 g/mol. The molecule has 0 unspecified atom stereocenters. The lowest BCUT2D eigenvalue weighted by molar-refractivity contribution is 0.420. The quantitative estimate of drug-likeness (QED) is 0.110. The monoisotopic (exact) mass is 970 g/mol. The number of hydrogen-bond donors (Lipinski definition) is 4. The van der Waals surface area contributed by atoms with E-state index in [0.29, 0.717) is 0 Å². The Labute approximate surface area is 394 Å². The van der Waals surface area contributed by atoms with Crippen LogP contribution < -0.4 is 0 Å². The summed E-state index contributed by atoms with van der Waals surface area (Å²) in [5.74, 6) is 0. The number of aromatic nitrogens is 18. The lowest BCUT2D eigenvalue weighted by atomic mass is 10.7. The Morgan fingerprint density at radius 1 is 0.470 bits per heavy atom. The SMILES string of the molecule is Cn1cccn1.c1c[nH]cn1.c1cc[nH]c1.c1ccoc1.c1ccsc1.c1cn[nH]c1.c1cnoc1.c1cnsc1.c1cocn1.c1cscn1.c1nc[nH]n1.c1nnco1.c1nncs1. The van der Waals surface area contributed by atoms with Crippen molar-refractivity contribution < 1.29 is 17.8 Å². The van der Waals surface area contributed by atoms with Crippen molar-refractivity contribution in [1.82, 2.24) is 90.0 Å². The molecule has 0 aliphatic heterocycles. The maximum absolute atomic E-state index is 4.58. The van der Waals surface area contributed by atoms with Gasteiger partial charge in [0.2, 0.25) is 12.8 Å². The van der Waals surface area contributed by atoms with Crippen LogP contribution in [0.5, 0.6) is 0 Å². The number of imidazole rings is 1. The first-order valence-corrected chi connectivity index (χ1v) is 21.9. The predicted molar refractivity (Wildman–Crippen MR) is 252 cm³/mol. The number of thiazole rings is 1. The van der Waals surface area contributed by atoms with Gasteiger partial charge >= 0.3 is 0 Å². The van der Waals surface area contributed by atoms with Crippen molar-refractivity contribution in [2.45, 2.75) is 0 Å². The molecule has 0 saturated heterocycles. The third-order valence-corrected chi connectivity index (χ3v) is 7.19. The van der Waals surface area contributed by atoms with Crippen molar-refractivity contribution in [2.75, 3.05) is 0 Å². The number of H-pyrrole nitrogens is 4. The topological polar surface area (TPSA) is 288 Å². The Morgan fingerprint density at radius 2 is 1.30 bits per heavy atom. The highest BCUT2D eigenvalue weighted by Gasteiger charge is 1.70. The number of oxazole rings is 1. The maximum Gasteiger partial charge on any atom is 0.203 e. The van der Waals surface area contributed by atoms with E-state index in [2.05, 4.69) is 103 Å². The Kier molecular flexibility index (Phi) is 42.6. The smallest absolute Gasteiger partial charge is 0.203 e. The van der Waals surface area contributed by atoms with Crippen molar-refractivity contribution in [3.63, 3.8) is 0 Å². The van der Waals surface area contributed by atoms with E-state index >= 15 is 0 Å². The van der Waals surface area contributed by atoms with Crippen LogP contribution in [0.15, 0.2) is 254 Å². The lowest BCUT2D eigenvalue weighted by Gasteiger charge is -1.77. The van der Waals surface area contributed by atoms with Gasteiger partial charge in [0.05, 0.1) is 36.8 Å². The summed E-state index contributed by atoms with van der Waals surface area (Å²) in [6.07, 6.45) is 35.8. The molecule has 13 aromatic heterocycles. The van der Waals surface area contributed by atoms with Gasteiger partial charge < -0.3 is 27.7 Å². The van der Waals surface area contributed by atoms with Crippen LogP contribution in [-0.4, -0.2) is 90.0 Å². The second-order valence-corrected chi connectivity index (χ2v) is 12.7. The molecule has 0 aliphatic rings. The summed E-state index contributed by atoms with van der Waals surface area (Å²) in [6, 6.07) is 18.9. The molecule has 0 radical (unpaired) electrons. The molecule has 26 heteroatoms. The number of aryl methyl sites for hydroxylation is 1. The minimum Gasteiger partial charge on any atom is -0.473 e. The van der Waals surface area contributed by atoms with Gasteiger partial charge in [-0.15, -0.1) is 43.1 Å². The van der Waals surface area contributed by atoms with E-state index in [1.165, 1.54) is 67.2 Å². The summed E-state index contributed by atoms with van der Waals surface area (Å²) in [7, 11) is 1.89. The van der Waals surface area contributed by atoms with Crippen molar-refractivity contribution >= 4 is 45.5 Å². The van der Waals surface area contributed by atoms with Crippen LogP contribution in [0.3, 0.4) is 0 Å². The molecule has 4 N–H and O–H groups in total. The zero-order valence-electron chi connectivity index (χ0n) is 35.0. The van der Waals surface area contributed by atoms with Crippen molar-refractivity contribution in [3.8, 4) is 0 Å². The molecule has 0 aromatic carbocycles. The van der Waals surface area contributed by atoms with E-state index in [-0.39, 0.29) is 0 Å². The Hall–Kier alpha value is -8.59. The maximum atomic E-state index is 4.58. The minimum absolute atomic E-state index is 1.26. The molecule has 13 rings (SSSR count). The first-order valence-electron chi connectivity index (χ1n) is 18.2. The molecule has 0 fully saturated rings. The summed E-state index contributed by atoms with van der Waals surface area (Å²) >= 11 is 6.27. The number of thiophene rings is 1. The van der Waals surface area contributed by atoms with Gasteiger partial charge in [0.15, 0.2) is 6.39 Å². The van der Waals surface area contributed by atoms with Gasteiger partial charge in [-0.2, -0.15) is 26.6 Å². The van der Waals surface area contributed by atoms with Crippen LogP contribution in [0.1, 0.15) is 0 Å². The normalized spacial score (nSPS) is 8.08. The molecular weight excluding hydrogens is 925 g/mol. The summed E-state index contributed by atoms with van der Waals surface area (Å²) in [5, 5.41) is 40.9. The largest absolute Gasteiger partial charge is 0.473 e. The van der Waals surface area contributed by atoms with Crippen LogP contribution in [0.4, 0.5) is 0 Å². The fourth-order valence-corrected chi connectivity index (χ4v) is 4.08. The Morgan fingerprint density at radius 3 is 1.50 bits per heavy atom. The van der Waals surface area contributed by atoms with E-state index in [1.807, 2.05) is 102 Å². The van der Waals surface area contributed by atoms with E-state index < -0.39 is 0 Å². The van der Waals surface area contributed by atoms with E-state index in [4.69, 9.17) is 0 Å². The van der Waals surface area contributed by atoms with Crippen molar-refractivity contribution in [2.24, 2.45) is 7.05 Å². The third-order valence-electron chi connectivity index (χ3n) is 5.08. The van der Waals surface area contributed by atoms with Gasteiger partial charge in [-0.05, 0) is 70.8 Å². The van der Waals surface area contributed by atoms with Crippen LogP contribution >= 0.6 is 45.5 Å². The fraction of sp³-hybridized carbons (Fsp3) is 0.0250. The number of rotatable bonds is 0. The Balaban J connectivity index is 0.000000358. The lowest BCUT2D eigenvalue weighted by Crippen LogP contribution is -1.83. The fourth-order valence-electron chi connectivity index (χ4n) is 2.65. The molecule has 0 bridgehead atoms. The molecule has 13 aromatic rings. The molecule has 0 saturated carbocycles. The number of furan rings is 1. The third kappa shape index (κ3) is 48.1. The minimum atomic E-state index is 1.26. The van der Waals surface area contributed by atoms with Gasteiger partial charge in [-0.3, -0.25) is 19.9 Å². The molecule has 0 amide bonds. The first kappa shape index (κ1) is 55.4. The summed E-state index contributed by atoms with van der Waals surface area (Å²) in [4.78, 5) is 20.1. The van der Waals surface area contributed by atoms with Crippen LogP contribution in [0.25, 0.3) is 0 Å². The molecule has 13 heterocycles. The number of aromatic amines is 4. The standard InChI is InChI=1S/C4H6N2.C4H5N.C4H4O.C4H4S.2C3H4N2.2C3H3NO.2C3H3NS.C2H3N3.C2H2N2O.C2H2N2S/c1-6-4-2-3-5-6;3*1-2-4-5-3-1;1-2-5-3-4-1;1-2-4-5-3-1;1-2-5-3-4-1;1-2-4-5-3-1;1-2-5-3-4-1;1-2-4-5-3-1;1-3-2-5-4-1;2*1-3-4-2-5-1/h2-4H,1H3;1-5H;2*1-4H;2*1-3H,(H,4,5);4*1-3H;1-2H,(H,3,4,5);2*1-2H. The number of hydrogen-bond acceptors (Lipinski definition) is 21. The molecule has 22 nitrogen and oxygen atoms in total. The van der Waals surface area contributed by atoms with Gasteiger partial charge in [-0.1, -0.05) is 17.3 Å². The van der Waals surface area contributed by atoms with Crippen molar-refractivity contribution in [3.05, 3.63) is 236 Å². The highest BCUT2D eigenvalue weighted by molar-refractivity contribution is 7.08. The summed E-state index contributed by atoms with van der Waals surface area (Å²) < 4.78 is 23.3. The molecule has 0 spiro atoms. The molecular formula is C40H46N18O4S4. The van der Waals surface area contributed by atoms with Gasteiger partial charge in [0.25, 0.3) is 0 Å². The van der Waals surface area contributed by atoms with Crippen LogP contribution in [0.2, 0.25) is 0 Å². The first-order chi connectivity index (χ1) is 32.9. The Bertz CT molecular complexity index is 1600. The van der Waals surface area contributed by atoms with Crippen LogP contribution in [0, 0.1) is 0 Å². The molecule has 0 atom stereocenters. The number of nitrogens with one attached hydrogen (secondary N) is 4. The summed E-state index contributed by atoms with van der Waals surface area (Å²) in [5.41, 5.74) is 5.15. The van der Waals surface area contributed by atoms with Gasteiger partial charge in [0, 0.05) is 79.8 Å². The summed E-state index contributed by atoms with van der Waals surface area (Å²) in [6.45, 7) is 0. The highest BCUT2D eigenvalue weighted by Crippen LogP contribution is 1.91. The van der Waals surface area contributed by atoms with Gasteiger partial charge in [0.1, 0.15) is 36.2 Å². The zero-order chi connectivity index (χ0) is 46.8. The van der Waals surface area contributed by atoms with Crippen LogP contribution in [-0.2, 0) is 7.05 Å². The second-order valence-electron chi connectivity index (χ2n) is 9.71. The highest BCUT2D eigenvalue weighted by atomic mass is 32.1. The van der Waals surface area contributed by atoms with Crippen molar-refractivity contribution in [1.29, 1.82) is 0 Å². The predicted octanol–water partition coefficient (Wildman–Crippen LogP) is 9.33. The zero-order valence-corrected chi connectivity index (χ0v) is 38.3. The second kappa shape index (κ2) is 50.8. The molecule has 0 aliphatic carbocycles. The van der Waals surface area contributed by atoms with E-state index in [9.17, 15) is 0 Å². The molecule has 344 valence electrons. The molecule has 66 heavy (non-hydrogen) atoms.